The van der Waals surface area contributed by atoms with Crippen LogP contribution in [0.3, 0.4) is 0 Å². The molecule has 1 aliphatic heterocycles. The number of nitrogens with one attached hydrogen (secondary N) is 1. The van der Waals surface area contributed by atoms with Gasteiger partial charge >= 0.3 is 0 Å². The molecule has 1 aliphatic carbocycles. The molecule has 23 heavy (non-hydrogen) atoms. The molecular formula is C17H28N4O2. The normalized spacial score (nSPS) is 23.7. The largest absolute Gasteiger partial charge is 0.356 e. The summed E-state index contributed by atoms with van der Waals surface area (Å²) in [5, 5.41) is 7.16. The third-order valence-corrected chi connectivity index (χ3v) is 4.95. The molecule has 2 heterocycles. The Kier molecular flexibility index (Phi) is 5.30. The Balaban J connectivity index is 1.54. The number of nitrogens with zero attached hydrogens (tertiary/aromatic N) is 3. The van der Waals surface area contributed by atoms with Gasteiger partial charge in [0.1, 0.15) is 0 Å². The lowest BCUT2D eigenvalue weighted by molar-refractivity contribution is -0.127. The van der Waals surface area contributed by atoms with Crippen LogP contribution in [-0.4, -0.2) is 40.6 Å². The summed E-state index contributed by atoms with van der Waals surface area (Å²) in [5.41, 5.74) is 0. The number of hydrogen-bond acceptors (Lipinski definition) is 5. The highest BCUT2D eigenvalue weighted by Gasteiger charge is 2.31. The van der Waals surface area contributed by atoms with Crippen molar-refractivity contribution < 1.29 is 9.32 Å². The lowest BCUT2D eigenvalue weighted by Crippen LogP contribution is -2.44. The molecule has 1 aromatic heterocycles. The van der Waals surface area contributed by atoms with E-state index in [1.165, 1.54) is 12.8 Å². The van der Waals surface area contributed by atoms with Crippen LogP contribution < -0.4 is 5.32 Å². The summed E-state index contributed by atoms with van der Waals surface area (Å²) in [5.74, 6) is 2.49. The van der Waals surface area contributed by atoms with Crippen LogP contribution in [0.1, 0.15) is 63.7 Å². The van der Waals surface area contributed by atoms with Gasteiger partial charge in [-0.15, -0.1) is 0 Å². The number of likely N-dealkylation sites (tertiary alicyclic amines) is 1. The van der Waals surface area contributed by atoms with E-state index < -0.39 is 0 Å². The number of piperidine rings is 1. The first-order chi connectivity index (χ1) is 11.2. The number of aromatic nitrogens is 2. The molecule has 1 saturated carbocycles. The van der Waals surface area contributed by atoms with Crippen molar-refractivity contribution >= 4 is 5.91 Å². The van der Waals surface area contributed by atoms with Gasteiger partial charge in [-0.3, -0.25) is 9.69 Å². The quantitative estimate of drug-likeness (QED) is 0.835. The maximum absolute atomic E-state index is 12.3. The number of carbonyl (C=O) groups is 1. The molecule has 1 saturated heterocycles. The molecule has 128 valence electrons. The summed E-state index contributed by atoms with van der Waals surface area (Å²) >= 11 is 0. The van der Waals surface area contributed by atoms with Crippen LogP contribution in [0.25, 0.3) is 0 Å². The van der Waals surface area contributed by atoms with E-state index in [0.717, 1.165) is 57.1 Å². The average Bonchev–Trinajstić information content (AvgIpc) is 3.29. The summed E-state index contributed by atoms with van der Waals surface area (Å²) in [6.07, 6.45) is 6.42. The fourth-order valence-corrected chi connectivity index (χ4v) is 3.20. The number of amides is 1. The van der Waals surface area contributed by atoms with Crippen molar-refractivity contribution in [3.05, 3.63) is 11.7 Å². The molecule has 0 unspecified atom stereocenters. The van der Waals surface area contributed by atoms with E-state index in [4.69, 9.17) is 4.52 Å². The number of hydrogen-bond donors (Lipinski definition) is 1. The highest BCUT2D eigenvalue weighted by Crippen LogP contribution is 2.29. The standard InChI is InChI=1S/C17H28N4O2/c1-3-5-15-19-17(23-20-15)12(2)21-9-4-6-14(11-21)16(22)18-10-13-7-8-13/h12-14H,3-11H2,1-2H3,(H,18,22)/t12-,14-/m0/s1. The van der Waals surface area contributed by atoms with Crippen molar-refractivity contribution in [3.63, 3.8) is 0 Å². The molecule has 1 amide bonds. The molecule has 3 rings (SSSR count). The van der Waals surface area contributed by atoms with Crippen LogP contribution in [0.15, 0.2) is 4.52 Å². The highest BCUT2D eigenvalue weighted by atomic mass is 16.5. The SMILES string of the molecule is CCCc1noc([C@H](C)N2CCC[C@H](C(=O)NCC3CC3)C2)n1. The van der Waals surface area contributed by atoms with Crippen molar-refractivity contribution in [2.45, 2.75) is 58.4 Å². The first-order valence-corrected chi connectivity index (χ1v) is 9.01. The third kappa shape index (κ3) is 4.31. The van der Waals surface area contributed by atoms with E-state index in [2.05, 4.69) is 34.2 Å². The van der Waals surface area contributed by atoms with Crippen molar-refractivity contribution in [2.24, 2.45) is 11.8 Å². The molecule has 6 nitrogen and oxygen atoms in total. The van der Waals surface area contributed by atoms with Crippen molar-refractivity contribution in [1.29, 1.82) is 0 Å². The van der Waals surface area contributed by atoms with Crippen LogP contribution in [0.4, 0.5) is 0 Å². The van der Waals surface area contributed by atoms with Gasteiger partial charge in [-0.2, -0.15) is 4.98 Å². The Morgan fingerprint density at radius 1 is 1.43 bits per heavy atom. The smallest absolute Gasteiger partial charge is 0.243 e. The summed E-state index contributed by atoms with van der Waals surface area (Å²) in [4.78, 5) is 19.1. The maximum atomic E-state index is 12.3. The van der Waals surface area contributed by atoms with Gasteiger partial charge in [0.25, 0.3) is 0 Å². The summed E-state index contributed by atoms with van der Waals surface area (Å²) in [7, 11) is 0. The lowest BCUT2D eigenvalue weighted by atomic mass is 9.96. The van der Waals surface area contributed by atoms with Crippen molar-refractivity contribution in [2.75, 3.05) is 19.6 Å². The number of aryl methyl sites for hydroxylation is 1. The molecule has 1 aromatic rings. The Labute approximate surface area is 138 Å². The van der Waals surface area contributed by atoms with Crippen LogP contribution >= 0.6 is 0 Å². The summed E-state index contributed by atoms with van der Waals surface area (Å²) < 4.78 is 5.41. The monoisotopic (exact) mass is 320 g/mol. The minimum atomic E-state index is 0.0761. The van der Waals surface area contributed by atoms with E-state index in [1.54, 1.807) is 0 Å². The average molecular weight is 320 g/mol. The second-order valence-electron chi connectivity index (χ2n) is 7.00. The molecule has 0 radical (unpaired) electrons. The fourth-order valence-electron chi connectivity index (χ4n) is 3.20. The molecule has 6 heteroatoms. The molecule has 0 bridgehead atoms. The molecule has 1 N–H and O–H groups in total. The first kappa shape index (κ1) is 16.4. The lowest BCUT2D eigenvalue weighted by Gasteiger charge is -2.34. The zero-order valence-corrected chi connectivity index (χ0v) is 14.3. The van der Waals surface area contributed by atoms with Crippen molar-refractivity contribution in [1.82, 2.24) is 20.4 Å². The second-order valence-corrected chi connectivity index (χ2v) is 7.00. The van der Waals surface area contributed by atoms with Gasteiger partial charge in [-0.25, -0.2) is 0 Å². The molecule has 2 atom stereocenters. The predicted octanol–water partition coefficient (Wildman–Crippen LogP) is 2.32. The molecule has 0 aromatic carbocycles. The van der Waals surface area contributed by atoms with Gasteiger partial charge in [0.05, 0.1) is 12.0 Å². The van der Waals surface area contributed by atoms with Gasteiger partial charge in [0.2, 0.25) is 11.8 Å². The third-order valence-electron chi connectivity index (χ3n) is 4.95. The minimum absolute atomic E-state index is 0.0761. The van der Waals surface area contributed by atoms with E-state index in [1.807, 2.05) is 0 Å². The zero-order valence-electron chi connectivity index (χ0n) is 14.3. The Morgan fingerprint density at radius 2 is 2.26 bits per heavy atom. The molecule has 2 aliphatic rings. The maximum Gasteiger partial charge on any atom is 0.243 e. The van der Waals surface area contributed by atoms with Crippen LogP contribution in [0.2, 0.25) is 0 Å². The van der Waals surface area contributed by atoms with Gasteiger partial charge in [-0.05, 0) is 51.5 Å². The second kappa shape index (κ2) is 7.43. The molecular weight excluding hydrogens is 292 g/mol. The van der Waals surface area contributed by atoms with Gasteiger partial charge < -0.3 is 9.84 Å². The molecule has 2 fully saturated rings. The fraction of sp³-hybridized carbons (Fsp3) is 0.824. The molecule has 0 spiro atoms. The van der Waals surface area contributed by atoms with Gasteiger partial charge in [0.15, 0.2) is 5.82 Å². The van der Waals surface area contributed by atoms with E-state index >= 15 is 0 Å². The zero-order chi connectivity index (χ0) is 16.2. The van der Waals surface area contributed by atoms with Crippen LogP contribution in [-0.2, 0) is 11.2 Å². The number of carbonyl (C=O) groups excluding carboxylic acids is 1. The van der Waals surface area contributed by atoms with Crippen LogP contribution in [0, 0.1) is 11.8 Å². The summed E-state index contributed by atoms with van der Waals surface area (Å²) in [6.45, 7) is 6.82. The number of rotatable bonds is 7. The van der Waals surface area contributed by atoms with Crippen molar-refractivity contribution in [3.8, 4) is 0 Å². The Morgan fingerprint density at radius 3 is 3.00 bits per heavy atom. The highest BCUT2D eigenvalue weighted by molar-refractivity contribution is 5.79. The van der Waals surface area contributed by atoms with Gasteiger partial charge in [-0.1, -0.05) is 12.1 Å². The van der Waals surface area contributed by atoms with Gasteiger partial charge in [0, 0.05) is 19.5 Å². The summed E-state index contributed by atoms with van der Waals surface area (Å²) in [6, 6.07) is 0.0761. The van der Waals surface area contributed by atoms with Crippen LogP contribution in [0.5, 0.6) is 0 Å². The Hall–Kier alpha value is -1.43. The minimum Gasteiger partial charge on any atom is -0.356 e. The topological polar surface area (TPSA) is 71.3 Å². The first-order valence-electron chi connectivity index (χ1n) is 9.01. The Bertz CT molecular complexity index is 526. The predicted molar refractivity (Wildman–Crippen MR) is 86.7 cm³/mol. The van der Waals surface area contributed by atoms with E-state index in [9.17, 15) is 4.79 Å². The van der Waals surface area contributed by atoms with E-state index in [0.29, 0.717) is 5.89 Å². The van der Waals surface area contributed by atoms with E-state index in [-0.39, 0.29) is 17.9 Å².